The Morgan fingerprint density at radius 2 is 2.11 bits per heavy atom. The summed E-state index contributed by atoms with van der Waals surface area (Å²) in [5, 5.41) is 2.89. The van der Waals surface area contributed by atoms with Crippen molar-refractivity contribution in [2.45, 2.75) is 49.9 Å². The minimum Gasteiger partial charge on any atom is -0.297 e. The van der Waals surface area contributed by atoms with Crippen molar-refractivity contribution in [2.75, 3.05) is 0 Å². The molecule has 2 aliphatic carbocycles. The normalized spacial score (nSPS) is 25.9. The van der Waals surface area contributed by atoms with Crippen molar-refractivity contribution in [2.24, 2.45) is 0 Å². The minimum absolute atomic E-state index is 0.113. The Kier molecular flexibility index (Phi) is 3.18. The third kappa shape index (κ3) is 2.20. The SMILES string of the molecule is FC(F)(F)C1(NC2CCCc3sc(I)cc32)CC1. The molecular formula is C12H13F3INS. The lowest BCUT2D eigenvalue weighted by Crippen LogP contribution is -2.47. The van der Waals surface area contributed by atoms with Crippen LogP contribution in [0.1, 0.15) is 42.2 Å². The zero-order valence-electron chi connectivity index (χ0n) is 9.61. The first-order chi connectivity index (χ1) is 8.41. The Bertz CT molecular complexity index is 464. The fourth-order valence-corrected chi connectivity index (χ4v) is 4.76. The fraction of sp³-hybridized carbons (Fsp3) is 0.667. The van der Waals surface area contributed by atoms with Crippen LogP contribution in [-0.4, -0.2) is 11.7 Å². The van der Waals surface area contributed by atoms with Crippen molar-refractivity contribution in [1.29, 1.82) is 0 Å². The van der Waals surface area contributed by atoms with Crippen LogP contribution in [0.3, 0.4) is 0 Å². The summed E-state index contributed by atoms with van der Waals surface area (Å²) in [5.41, 5.74) is -0.495. The molecule has 1 aromatic rings. The third-order valence-corrected chi connectivity index (χ3v) is 5.80. The molecule has 0 saturated heterocycles. The summed E-state index contributed by atoms with van der Waals surface area (Å²) >= 11 is 3.96. The minimum atomic E-state index is -4.12. The van der Waals surface area contributed by atoms with Crippen molar-refractivity contribution in [3.8, 4) is 0 Å². The molecule has 1 atom stereocenters. The summed E-state index contributed by atoms with van der Waals surface area (Å²) in [6.07, 6.45) is -0.853. The number of rotatable bonds is 2. The average molecular weight is 387 g/mol. The van der Waals surface area contributed by atoms with Crippen molar-refractivity contribution < 1.29 is 13.2 Å². The van der Waals surface area contributed by atoms with Gasteiger partial charge in [-0.05, 0) is 66.3 Å². The molecule has 1 aromatic heterocycles. The van der Waals surface area contributed by atoms with Gasteiger partial charge in [-0.25, -0.2) is 0 Å². The third-order valence-electron chi connectivity index (χ3n) is 3.83. The standard InChI is InChI=1S/C12H13F3INS/c13-12(14,15)11(4-5-11)17-8-2-1-3-9-7(8)6-10(16)18-9/h6,8,17H,1-5H2. The molecule has 100 valence electrons. The molecule has 1 N–H and O–H groups in total. The molecule has 1 heterocycles. The quantitative estimate of drug-likeness (QED) is 0.742. The Morgan fingerprint density at radius 3 is 2.72 bits per heavy atom. The highest BCUT2D eigenvalue weighted by Crippen LogP contribution is 2.51. The first-order valence-electron chi connectivity index (χ1n) is 6.04. The maximum absolute atomic E-state index is 13.0. The highest BCUT2D eigenvalue weighted by atomic mass is 127. The molecule has 0 radical (unpaired) electrons. The van der Waals surface area contributed by atoms with Crippen LogP contribution in [-0.2, 0) is 6.42 Å². The topological polar surface area (TPSA) is 12.0 Å². The monoisotopic (exact) mass is 387 g/mol. The van der Waals surface area contributed by atoms with Gasteiger partial charge in [-0.2, -0.15) is 13.2 Å². The van der Waals surface area contributed by atoms with E-state index in [2.05, 4.69) is 27.9 Å². The van der Waals surface area contributed by atoms with E-state index in [1.807, 2.05) is 6.07 Å². The largest absolute Gasteiger partial charge is 0.406 e. The van der Waals surface area contributed by atoms with E-state index in [4.69, 9.17) is 0 Å². The number of fused-ring (bicyclic) bond motifs is 1. The Morgan fingerprint density at radius 1 is 1.39 bits per heavy atom. The molecule has 2 aliphatic rings. The number of hydrogen-bond donors (Lipinski definition) is 1. The van der Waals surface area contributed by atoms with Gasteiger partial charge in [-0.15, -0.1) is 11.3 Å². The number of alkyl halides is 3. The van der Waals surface area contributed by atoms with E-state index >= 15 is 0 Å². The molecule has 1 saturated carbocycles. The molecule has 0 aliphatic heterocycles. The van der Waals surface area contributed by atoms with Gasteiger partial charge in [-0.3, -0.25) is 5.32 Å². The molecule has 0 amide bonds. The molecule has 0 aromatic carbocycles. The van der Waals surface area contributed by atoms with E-state index in [1.165, 1.54) is 7.76 Å². The summed E-state index contributed by atoms with van der Waals surface area (Å²) < 4.78 is 40.1. The van der Waals surface area contributed by atoms with E-state index in [9.17, 15) is 13.2 Å². The first kappa shape index (κ1) is 13.2. The number of aryl methyl sites for hydroxylation is 1. The van der Waals surface area contributed by atoms with Crippen molar-refractivity contribution >= 4 is 33.9 Å². The summed E-state index contributed by atoms with van der Waals surface area (Å²) in [4.78, 5) is 1.26. The smallest absolute Gasteiger partial charge is 0.297 e. The van der Waals surface area contributed by atoms with Crippen LogP contribution in [0.4, 0.5) is 13.2 Å². The Hall–Kier alpha value is 0.180. The molecule has 18 heavy (non-hydrogen) atoms. The fourth-order valence-electron chi connectivity index (χ4n) is 2.64. The number of thiophene rings is 1. The summed E-state index contributed by atoms with van der Waals surface area (Å²) in [6.45, 7) is 0. The van der Waals surface area contributed by atoms with E-state index in [-0.39, 0.29) is 18.9 Å². The van der Waals surface area contributed by atoms with Crippen LogP contribution in [0.25, 0.3) is 0 Å². The van der Waals surface area contributed by atoms with E-state index in [0.29, 0.717) is 0 Å². The Labute approximate surface area is 121 Å². The molecule has 1 unspecified atom stereocenters. The lowest BCUT2D eigenvalue weighted by Gasteiger charge is -2.30. The van der Waals surface area contributed by atoms with E-state index < -0.39 is 11.7 Å². The summed E-state index contributed by atoms with van der Waals surface area (Å²) in [6, 6.07) is 1.93. The second-order valence-corrected chi connectivity index (χ2v) is 8.13. The second kappa shape index (κ2) is 4.34. The lowest BCUT2D eigenvalue weighted by atomic mass is 9.93. The van der Waals surface area contributed by atoms with Gasteiger partial charge in [0.1, 0.15) is 5.54 Å². The van der Waals surface area contributed by atoms with Gasteiger partial charge in [0, 0.05) is 10.9 Å². The highest BCUT2D eigenvalue weighted by Gasteiger charge is 2.63. The van der Waals surface area contributed by atoms with Gasteiger partial charge in [0.15, 0.2) is 0 Å². The van der Waals surface area contributed by atoms with E-state index in [1.54, 1.807) is 11.3 Å². The average Bonchev–Trinajstić information content (AvgIpc) is 2.94. The van der Waals surface area contributed by atoms with Crippen LogP contribution >= 0.6 is 33.9 Å². The van der Waals surface area contributed by atoms with Crippen LogP contribution in [0.2, 0.25) is 0 Å². The van der Waals surface area contributed by atoms with Crippen molar-refractivity contribution in [3.05, 3.63) is 19.4 Å². The van der Waals surface area contributed by atoms with E-state index in [0.717, 1.165) is 24.8 Å². The second-order valence-electron chi connectivity index (χ2n) is 5.10. The number of nitrogens with one attached hydrogen (secondary N) is 1. The molecule has 1 nitrogen and oxygen atoms in total. The first-order valence-corrected chi connectivity index (χ1v) is 7.93. The predicted octanol–water partition coefficient (Wildman–Crippen LogP) is 4.41. The maximum Gasteiger partial charge on any atom is 0.406 e. The summed E-state index contributed by atoms with van der Waals surface area (Å²) in [7, 11) is 0. The van der Waals surface area contributed by atoms with Gasteiger partial charge < -0.3 is 0 Å². The van der Waals surface area contributed by atoms with Gasteiger partial charge in [0.2, 0.25) is 0 Å². The molecule has 0 spiro atoms. The molecule has 0 bridgehead atoms. The predicted molar refractivity (Wildman–Crippen MR) is 73.9 cm³/mol. The molecule has 1 fully saturated rings. The van der Waals surface area contributed by atoms with Gasteiger partial charge in [0.25, 0.3) is 0 Å². The van der Waals surface area contributed by atoms with Gasteiger partial charge >= 0.3 is 6.18 Å². The zero-order valence-corrected chi connectivity index (χ0v) is 12.6. The maximum atomic E-state index is 13.0. The highest BCUT2D eigenvalue weighted by molar-refractivity contribution is 14.1. The van der Waals surface area contributed by atoms with Crippen LogP contribution < -0.4 is 5.32 Å². The van der Waals surface area contributed by atoms with Crippen LogP contribution in [0.5, 0.6) is 0 Å². The lowest BCUT2D eigenvalue weighted by molar-refractivity contribution is -0.168. The number of hydrogen-bond acceptors (Lipinski definition) is 2. The van der Waals surface area contributed by atoms with Gasteiger partial charge in [0.05, 0.1) is 2.88 Å². The van der Waals surface area contributed by atoms with Crippen LogP contribution in [0.15, 0.2) is 6.07 Å². The zero-order chi connectivity index (χ0) is 13.0. The Balaban J connectivity index is 1.83. The van der Waals surface area contributed by atoms with Crippen molar-refractivity contribution in [1.82, 2.24) is 5.32 Å². The molecule has 3 rings (SSSR count). The van der Waals surface area contributed by atoms with Crippen molar-refractivity contribution in [3.63, 3.8) is 0 Å². The number of halogens is 4. The van der Waals surface area contributed by atoms with Gasteiger partial charge in [-0.1, -0.05) is 0 Å². The summed E-state index contributed by atoms with van der Waals surface area (Å²) in [5.74, 6) is 0. The van der Waals surface area contributed by atoms with Crippen LogP contribution in [0, 0.1) is 2.88 Å². The molecular weight excluding hydrogens is 374 g/mol. The molecule has 6 heteroatoms.